The average molecular weight is 598 g/mol. The first kappa shape index (κ1) is 27.2. The number of anilines is 3. The molecular formula is C46H31N. The number of rotatable bonds is 5. The molecule has 0 saturated carbocycles. The summed E-state index contributed by atoms with van der Waals surface area (Å²) < 4.78 is 0. The first-order chi connectivity index (χ1) is 23.3. The SMILES string of the molecule is c1ccc(-c2ccccc2N(c2ccc(-c3ccc4ccccc4c3)cc2)c2cc3ccc4ccccc4c3c3ccccc23)cc1. The molecule has 1 heteroatoms. The molecule has 220 valence electrons. The van der Waals surface area contributed by atoms with Gasteiger partial charge in [0.1, 0.15) is 0 Å². The van der Waals surface area contributed by atoms with Crippen molar-refractivity contribution < 1.29 is 0 Å². The minimum absolute atomic E-state index is 1.11. The third-order valence-electron chi connectivity index (χ3n) is 9.40. The lowest BCUT2D eigenvalue weighted by Crippen LogP contribution is -2.12. The quantitative estimate of drug-likeness (QED) is 0.178. The van der Waals surface area contributed by atoms with Gasteiger partial charge in [-0.1, -0.05) is 158 Å². The fourth-order valence-electron chi connectivity index (χ4n) is 7.15. The van der Waals surface area contributed by atoms with E-state index >= 15 is 0 Å². The molecule has 0 radical (unpaired) electrons. The molecule has 0 N–H and O–H groups in total. The van der Waals surface area contributed by atoms with E-state index in [0.717, 1.165) is 17.1 Å². The van der Waals surface area contributed by atoms with Crippen LogP contribution in [0.5, 0.6) is 0 Å². The molecule has 0 aliphatic carbocycles. The van der Waals surface area contributed by atoms with Crippen LogP contribution in [0.3, 0.4) is 0 Å². The van der Waals surface area contributed by atoms with Crippen molar-refractivity contribution >= 4 is 60.2 Å². The van der Waals surface area contributed by atoms with Gasteiger partial charge in [-0.05, 0) is 84.7 Å². The van der Waals surface area contributed by atoms with Crippen LogP contribution in [0.1, 0.15) is 0 Å². The Morgan fingerprint density at radius 2 is 0.894 bits per heavy atom. The number of hydrogen-bond acceptors (Lipinski definition) is 1. The maximum atomic E-state index is 2.45. The highest BCUT2D eigenvalue weighted by Gasteiger charge is 2.21. The van der Waals surface area contributed by atoms with Crippen molar-refractivity contribution in [2.75, 3.05) is 4.90 Å². The van der Waals surface area contributed by atoms with E-state index in [1.807, 2.05) is 0 Å². The minimum atomic E-state index is 1.11. The van der Waals surface area contributed by atoms with Crippen molar-refractivity contribution in [3.8, 4) is 22.3 Å². The van der Waals surface area contributed by atoms with Crippen LogP contribution in [-0.4, -0.2) is 0 Å². The van der Waals surface area contributed by atoms with Gasteiger partial charge in [0.2, 0.25) is 0 Å². The smallest absolute Gasteiger partial charge is 0.0546 e. The van der Waals surface area contributed by atoms with Gasteiger partial charge in [-0.15, -0.1) is 0 Å². The summed E-state index contributed by atoms with van der Waals surface area (Å²) >= 11 is 0. The number of para-hydroxylation sites is 1. The molecule has 47 heavy (non-hydrogen) atoms. The fraction of sp³-hybridized carbons (Fsp3) is 0. The molecule has 0 amide bonds. The van der Waals surface area contributed by atoms with Crippen LogP contribution in [0.2, 0.25) is 0 Å². The van der Waals surface area contributed by atoms with Gasteiger partial charge in [0.05, 0.1) is 11.4 Å². The van der Waals surface area contributed by atoms with Crippen molar-refractivity contribution in [3.05, 3.63) is 188 Å². The second-order valence-electron chi connectivity index (χ2n) is 12.2. The number of benzene rings is 9. The molecule has 0 aliphatic rings. The van der Waals surface area contributed by atoms with Gasteiger partial charge in [-0.25, -0.2) is 0 Å². The van der Waals surface area contributed by atoms with Crippen molar-refractivity contribution in [3.63, 3.8) is 0 Å². The van der Waals surface area contributed by atoms with Gasteiger partial charge < -0.3 is 4.90 Å². The molecule has 9 aromatic rings. The molecule has 0 saturated heterocycles. The molecule has 0 fully saturated rings. The Hall–Kier alpha value is -6.18. The van der Waals surface area contributed by atoms with Crippen LogP contribution in [0, 0.1) is 0 Å². The molecule has 0 bridgehead atoms. The number of fused-ring (bicyclic) bond motifs is 6. The zero-order chi connectivity index (χ0) is 31.2. The normalized spacial score (nSPS) is 11.4. The summed E-state index contributed by atoms with van der Waals surface area (Å²) in [6.45, 7) is 0. The first-order valence-electron chi connectivity index (χ1n) is 16.2. The molecule has 1 nitrogen and oxygen atoms in total. The maximum Gasteiger partial charge on any atom is 0.0546 e. The molecule has 0 unspecified atom stereocenters. The van der Waals surface area contributed by atoms with Crippen molar-refractivity contribution in [2.24, 2.45) is 0 Å². The van der Waals surface area contributed by atoms with Gasteiger partial charge in [0.15, 0.2) is 0 Å². The largest absolute Gasteiger partial charge is 0.309 e. The van der Waals surface area contributed by atoms with Crippen molar-refractivity contribution in [1.82, 2.24) is 0 Å². The van der Waals surface area contributed by atoms with E-state index in [0.29, 0.717) is 0 Å². The summed E-state index contributed by atoms with van der Waals surface area (Å²) in [6.07, 6.45) is 0. The van der Waals surface area contributed by atoms with Crippen LogP contribution >= 0.6 is 0 Å². The highest BCUT2D eigenvalue weighted by molar-refractivity contribution is 6.23. The second-order valence-corrected chi connectivity index (χ2v) is 12.2. The predicted molar refractivity (Wildman–Crippen MR) is 202 cm³/mol. The van der Waals surface area contributed by atoms with Crippen molar-refractivity contribution in [2.45, 2.75) is 0 Å². The van der Waals surface area contributed by atoms with Gasteiger partial charge in [-0.2, -0.15) is 0 Å². The third kappa shape index (κ3) is 4.72. The third-order valence-corrected chi connectivity index (χ3v) is 9.40. The van der Waals surface area contributed by atoms with Crippen LogP contribution in [-0.2, 0) is 0 Å². The predicted octanol–water partition coefficient (Wildman–Crippen LogP) is 13.1. The van der Waals surface area contributed by atoms with E-state index in [4.69, 9.17) is 0 Å². The fourth-order valence-corrected chi connectivity index (χ4v) is 7.15. The van der Waals surface area contributed by atoms with Crippen LogP contribution in [0.4, 0.5) is 17.1 Å². The van der Waals surface area contributed by atoms with Gasteiger partial charge in [-0.3, -0.25) is 0 Å². The second kappa shape index (κ2) is 11.3. The van der Waals surface area contributed by atoms with E-state index in [1.165, 1.54) is 65.3 Å². The maximum absolute atomic E-state index is 2.45. The van der Waals surface area contributed by atoms with Gasteiger partial charge >= 0.3 is 0 Å². The zero-order valence-electron chi connectivity index (χ0n) is 25.8. The summed E-state index contributed by atoms with van der Waals surface area (Å²) in [7, 11) is 0. The van der Waals surface area contributed by atoms with Crippen LogP contribution in [0.15, 0.2) is 188 Å². The summed E-state index contributed by atoms with van der Waals surface area (Å²) in [5, 5.41) is 10.1. The van der Waals surface area contributed by atoms with E-state index in [2.05, 4.69) is 193 Å². The Morgan fingerprint density at radius 3 is 1.72 bits per heavy atom. The van der Waals surface area contributed by atoms with Crippen LogP contribution < -0.4 is 4.90 Å². The van der Waals surface area contributed by atoms with E-state index < -0.39 is 0 Å². The average Bonchev–Trinajstić information content (AvgIpc) is 3.15. The highest BCUT2D eigenvalue weighted by Crippen LogP contribution is 2.46. The Labute approximate surface area is 274 Å². The molecule has 0 spiro atoms. The summed E-state index contributed by atoms with van der Waals surface area (Å²) in [5.41, 5.74) is 8.21. The van der Waals surface area contributed by atoms with E-state index in [1.54, 1.807) is 0 Å². The zero-order valence-corrected chi connectivity index (χ0v) is 25.8. The first-order valence-corrected chi connectivity index (χ1v) is 16.2. The summed E-state index contributed by atoms with van der Waals surface area (Å²) in [5.74, 6) is 0. The lowest BCUT2D eigenvalue weighted by atomic mass is 9.94. The molecule has 0 heterocycles. The standard InChI is InChI=1S/C46H31N/c1-2-13-34(14-3-1)40-17-10-11-21-44(40)47(39-28-26-33(27-29-39)37-24-22-32-12-4-5-16-36(32)30-37)45-31-38-25-23-35-15-6-7-18-41(35)46(38)43-20-9-8-19-42(43)45/h1-31H. The molecule has 9 rings (SSSR count). The summed E-state index contributed by atoms with van der Waals surface area (Å²) in [4.78, 5) is 2.45. The minimum Gasteiger partial charge on any atom is -0.309 e. The monoisotopic (exact) mass is 597 g/mol. The highest BCUT2D eigenvalue weighted by atomic mass is 15.1. The Kier molecular flexibility index (Phi) is 6.54. The molecular weight excluding hydrogens is 567 g/mol. The van der Waals surface area contributed by atoms with Crippen molar-refractivity contribution in [1.29, 1.82) is 0 Å². The van der Waals surface area contributed by atoms with Gasteiger partial charge in [0.25, 0.3) is 0 Å². The topological polar surface area (TPSA) is 3.24 Å². The Bertz CT molecular complexity index is 2560. The van der Waals surface area contributed by atoms with E-state index in [-0.39, 0.29) is 0 Å². The van der Waals surface area contributed by atoms with Crippen LogP contribution in [0.25, 0.3) is 65.3 Å². The Balaban J connectivity index is 1.29. The molecule has 0 aromatic heterocycles. The molecule has 9 aromatic carbocycles. The lowest BCUT2D eigenvalue weighted by Gasteiger charge is -2.30. The van der Waals surface area contributed by atoms with E-state index in [9.17, 15) is 0 Å². The molecule has 0 atom stereocenters. The molecule has 0 aliphatic heterocycles. The number of nitrogens with zero attached hydrogens (tertiary/aromatic N) is 1. The Morgan fingerprint density at radius 1 is 0.298 bits per heavy atom. The van der Waals surface area contributed by atoms with Gasteiger partial charge in [0, 0.05) is 16.6 Å². The number of hydrogen-bond donors (Lipinski definition) is 0. The summed E-state index contributed by atoms with van der Waals surface area (Å²) in [6, 6.07) is 68.3. The lowest BCUT2D eigenvalue weighted by molar-refractivity contribution is 1.30.